The molecule has 0 saturated carbocycles. The first-order chi connectivity index (χ1) is 12.5. The lowest BCUT2D eigenvalue weighted by Gasteiger charge is -2.28. The standard InChI is InChI=1S/C19H21N3O3S/c23-19-13-14-12-17(8-9-18(14)20-19)26(24,25)21-15-4-6-16(7-5-15)22-10-2-1-3-11-22/h4-9,12,21H,1-3,10-11,13H2,(H,20,23). The van der Waals surface area contributed by atoms with E-state index < -0.39 is 10.0 Å². The van der Waals surface area contributed by atoms with Crippen LogP contribution in [0.5, 0.6) is 0 Å². The highest BCUT2D eigenvalue weighted by atomic mass is 32.2. The number of fused-ring (bicyclic) bond motifs is 1. The Morgan fingerprint density at radius 3 is 2.42 bits per heavy atom. The predicted molar refractivity (Wildman–Crippen MR) is 102 cm³/mol. The number of hydrogen-bond donors (Lipinski definition) is 2. The number of rotatable bonds is 4. The third-order valence-corrected chi connectivity index (χ3v) is 6.23. The molecule has 0 aromatic heterocycles. The quantitative estimate of drug-likeness (QED) is 0.866. The van der Waals surface area contributed by atoms with Crippen molar-refractivity contribution in [2.75, 3.05) is 28.0 Å². The molecule has 0 bridgehead atoms. The fourth-order valence-corrected chi connectivity index (χ4v) is 4.59. The summed E-state index contributed by atoms with van der Waals surface area (Å²) in [5.41, 5.74) is 3.04. The van der Waals surface area contributed by atoms with Gasteiger partial charge in [0.05, 0.1) is 11.3 Å². The van der Waals surface area contributed by atoms with Crippen LogP contribution in [-0.4, -0.2) is 27.4 Å². The molecule has 0 aliphatic carbocycles. The van der Waals surface area contributed by atoms with Gasteiger partial charge in [-0.05, 0) is 67.3 Å². The van der Waals surface area contributed by atoms with Crippen LogP contribution in [0.3, 0.4) is 0 Å². The lowest BCUT2D eigenvalue weighted by atomic mass is 10.1. The van der Waals surface area contributed by atoms with Crippen molar-refractivity contribution in [2.45, 2.75) is 30.6 Å². The summed E-state index contributed by atoms with van der Waals surface area (Å²) >= 11 is 0. The number of benzene rings is 2. The zero-order chi connectivity index (χ0) is 18.1. The molecule has 0 radical (unpaired) electrons. The summed E-state index contributed by atoms with van der Waals surface area (Å²) in [4.78, 5) is 13.9. The molecule has 2 aromatic carbocycles. The summed E-state index contributed by atoms with van der Waals surface area (Å²) in [5.74, 6) is -0.115. The highest BCUT2D eigenvalue weighted by Gasteiger charge is 2.22. The van der Waals surface area contributed by atoms with E-state index >= 15 is 0 Å². The number of carbonyl (C=O) groups excluding carboxylic acids is 1. The van der Waals surface area contributed by atoms with Gasteiger partial charge in [0.2, 0.25) is 5.91 Å². The lowest BCUT2D eigenvalue weighted by Crippen LogP contribution is -2.29. The zero-order valence-corrected chi connectivity index (χ0v) is 15.2. The molecule has 4 rings (SSSR count). The van der Waals surface area contributed by atoms with Gasteiger partial charge in [0.1, 0.15) is 0 Å². The first kappa shape index (κ1) is 16.9. The summed E-state index contributed by atoms with van der Waals surface area (Å²) in [7, 11) is -3.69. The Kier molecular flexibility index (Phi) is 4.32. The minimum atomic E-state index is -3.69. The molecule has 136 valence electrons. The third kappa shape index (κ3) is 3.39. The van der Waals surface area contributed by atoms with Crippen LogP contribution in [0.15, 0.2) is 47.4 Å². The Bertz CT molecular complexity index is 933. The molecule has 1 saturated heterocycles. The van der Waals surface area contributed by atoms with Crippen molar-refractivity contribution in [3.63, 3.8) is 0 Å². The maximum atomic E-state index is 12.6. The van der Waals surface area contributed by atoms with E-state index in [1.165, 1.54) is 25.3 Å². The molecule has 2 heterocycles. The Labute approximate surface area is 153 Å². The van der Waals surface area contributed by atoms with Crippen molar-refractivity contribution in [1.82, 2.24) is 0 Å². The first-order valence-corrected chi connectivity index (χ1v) is 10.3. The second kappa shape index (κ2) is 6.64. The van der Waals surface area contributed by atoms with Crippen LogP contribution in [0.4, 0.5) is 17.1 Å². The van der Waals surface area contributed by atoms with Crippen LogP contribution in [0.1, 0.15) is 24.8 Å². The fourth-order valence-electron chi connectivity index (χ4n) is 3.48. The topological polar surface area (TPSA) is 78.5 Å². The molecule has 0 unspecified atom stereocenters. The van der Waals surface area contributed by atoms with Gasteiger partial charge in [0, 0.05) is 30.2 Å². The van der Waals surface area contributed by atoms with Gasteiger partial charge >= 0.3 is 0 Å². The Balaban J connectivity index is 1.51. The molecule has 26 heavy (non-hydrogen) atoms. The van der Waals surface area contributed by atoms with Gasteiger partial charge in [-0.25, -0.2) is 8.42 Å². The van der Waals surface area contributed by atoms with Gasteiger partial charge in [0.15, 0.2) is 0 Å². The number of nitrogens with zero attached hydrogens (tertiary/aromatic N) is 1. The van der Waals surface area contributed by atoms with Crippen LogP contribution in [0.25, 0.3) is 0 Å². The maximum absolute atomic E-state index is 12.6. The Morgan fingerprint density at radius 2 is 1.69 bits per heavy atom. The van der Waals surface area contributed by atoms with Gasteiger partial charge in [-0.15, -0.1) is 0 Å². The number of nitrogens with one attached hydrogen (secondary N) is 2. The van der Waals surface area contributed by atoms with Crippen LogP contribution in [0, 0.1) is 0 Å². The van der Waals surface area contributed by atoms with Gasteiger partial charge in [0.25, 0.3) is 10.0 Å². The molecule has 2 aromatic rings. The largest absolute Gasteiger partial charge is 0.372 e. The van der Waals surface area contributed by atoms with Crippen molar-refractivity contribution in [3.05, 3.63) is 48.0 Å². The highest BCUT2D eigenvalue weighted by Crippen LogP contribution is 2.27. The minimum absolute atomic E-state index is 0.115. The van der Waals surface area contributed by atoms with E-state index in [2.05, 4.69) is 14.9 Å². The molecular weight excluding hydrogens is 350 g/mol. The Hall–Kier alpha value is -2.54. The second-order valence-corrected chi connectivity index (χ2v) is 8.43. The van der Waals surface area contributed by atoms with E-state index in [1.807, 2.05) is 12.1 Å². The smallest absolute Gasteiger partial charge is 0.261 e. The van der Waals surface area contributed by atoms with E-state index in [0.29, 0.717) is 16.9 Å². The molecule has 1 fully saturated rings. The van der Waals surface area contributed by atoms with Crippen LogP contribution in [-0.2, 0) is 21.2 Å². The van der Waals surface area contributed by atoms with Gasteiger partial charge in [-0.1, -0.05) is 0 Å². The van der Waals surface area contributed by atoms with E-state index in [-0.39, 0.29) is 17.2 Å². The summed E-state index contributed by atoms with van der Waals surface area (Å²) in [6, 6.07) is 12.2. The molecule has 0 spiro atoms. The maximum Gasteiger partial charge on any atom is 0.261 e. The van der Waals surface area contributed by atoms with Crippen LogP contribution >= 0.6 is 0 Å². The van der Waals surface area contributed by atoms with Crippen LogP contribution < -0.4 is 14.9 Å². The van der Waals surface area contributed by atoms with Crippen LogP contribution in [0.2, 0.25) is 0 Å². The van der Waals surface area contributed by atoms with Crippen molar-refractivity contribution in [2.24, 2.45) is 0 Å². The van der Waals surface area contributed by atoms with E-state index in [4.69, 9.17) is 0 Å². The molecule has 1 amide bonds. The van der Waals surface area contributed by atoms with Gasteiger partial charge < -0.3 is 10.2 Å². The number of hydrogen-bond acceptors (Lipinski definition) is 4. The monoisotopic (exact) mass is 371 g/mol. The van der Waals surface area contributed by atoms with E-state index in [0.717, 1.165) is 18.8 Å². The van der Waals surface area contributed by atoms with Gasteiger partial charge in [-0.3, -0.25) is 9.52 Å². The first-order valence-electron chi connectivity index (χ1n) is 8.82. The van der Waals surface area contributed by atoms with Gasteiger partial charge in [-0.2, -0.15) is 0 Å². The SMILES string of the molecule is O=C1Cc2cc(S(=O)(=O)Nc3ccc(N4CCCCC4)cc3)ccc2N1. The lowest BCUT2D eigenvalue weighted by molar-refractivity contribution is -0.115. The van der Waals surface area contributed by atoms with Crippen molar-refractivity contribution in [1.29, 1.82) is 0 Å². The Morgan fingerprint density at radius 1 is 0.962 bits per heavy atom. The molecule has 0 atom stereocenters. The average Bonchev–Trinajstić information content (AvgIpc) is 3.02. The number of anilines is 3. The summed E-state index contributed by atoms with van der Waals surface area (Å²) in [6.45, 7) is 2.10. The fraction of sp³-hybridized carbons (Fsp3) is 0.316. The molecule has 7 heteroatoms. The second-order valence-electron chi connectivity index (χ2n) is 6.74. The predicted octanol–water partition coefficient (Wildman–Crippen LogP) is 2.97. The number of carbonyl (C=O) groups is 1. The molecule has 2 aliphatic rings. The number of piperidine rings is 1. The number of sulfonamides is 1. The third-order valence-electron chi connectivity index (χ3n) is 4.85. The summed E-state index contributed by atoms with van der Waals surface area (Å²) in [5, 5.41) is 2.70. The molecule has 6 nitrogen and oxygen atoms in total. The van der Waals surface area contributed by atoms with E-state index in [9.17, 15) is 13.2 Å². The average molecular weight is 371 g/mol. The van der Waals surface area contributed by atoms with Crippen molar-refractivity contribution in [3.8, 4) is 0 Å². The molecular formula is C19H21N3O3S. The highest BCUT2D eigenvalue weighted by molar-refractivity contribution is 7.92. The summed E-state index contributed by atoms with van der Waals surface area (Å²) in [6.07, 6.45) is 3.88. The zero-order valence-electron chi connectivity index (χ0n) is 14.4. The van der Waals surface area contributed by atoms with Crippen molar-refractivity contribution >= 4 is 33.0 Å². The molecule has 2 aliphatic heterocycles. The normalized spacial score (nSPS) is 16.9. The van der Waals surface area contributed by atoms with E-state index in [1.54, 1.807) is 24.3 Å². The summed E-state index contributed by atoms with van der Waals surface area (Å²) < 4.78 is 27.9. The van der Waals surface area contributed by atoms with Crippen molar-refractivity contribution < 1.29 is 13.2 Å². The molecule has 2 N–H and O–H groups in total. The minimum Gasteiger partial charge on any atom is -0.372 e. The number of amides is 1.